The van der Waals surface area contributed by atoms with E-state index in [9.17, 15) is 22.0 Å². The molecule has 1 saturated heterocycles. The molecule has 1 fully saturated rings. The van der Waals surface area contributed by atoms with E-state index in [1.54, 1.807) is 0 Å². The molecule has 1 amide bonds. The molecule has 1 aromatic rings. The Bertz CT molecular complexity index is 620. The van der Waals surface area contributed by atoms with Crippen LogP contribution >= 0.6 is 10.7 Å². The zero-order valence-corrected chi connectivity index (χ0v) is 11.2. The summed E-state index contributed by atoms with van der Waals surface area (Å²) in [6.45, 7) is -0.286. The minimum absolute atomic E-state index is 0.000899. The molecular formula is C11H10ClF2NO3S. The van der Waals surface area contributed by atoms with Gasteiger partial charge in [-0.2, -0.15) is 0 Å². The van der Waals surface area contributed by atoms with Crippen molar-refractivity contribution in [3.63, 3.8) is 0 Å². The minimum Gasteiger partial charge on any atom is -0.337 e. The second-order valence-corrected chi connectivity index (χ2v) is 7.22. The number of nitrogens with zero attached hydrogens (tertiary/aromatic N) is 1. The highest BCUT2D eigenvalue weighted by atomic mass is 35.7. The number of benzene rings is 1. The highest BCUT2D eigenvalue weighted by molar-refractivity contribution is 8.14. The van der Waals surface area contributed by atoms with Crippen LogP contribution in [0.5, 0.6) is 0 Å². The third-order valence-corrected chi connectivity index (χ3v) is 4.81. The first-order chi connectivity index (χ1) is 8.77. The number of halogens is 3. The lowest BCUT2D eigenvalue weighted by molar-refractivity contribution is -0.128. The highest BCUT2D eigenvalue weighted by Gasteiger charge is 2.37. The van der Waals surface area contributed by atoms with Crippen molar-refractivity contribution < 1.29 is 22.0 Å². The fourth-order valence-corrected chi connectivity index (χ4v) is 3.01. The van der Waals surface area contributed by atoms with Crippen molar-refractivity contribution in [3.05, 3.63) is 35.4 Å². The molecule has 0 aliphatic carbocycles. The molecule has 0 aromatic heterocycles. The first kappa shape index (κ1) is 14.2. The zero-order valence-electron chi connectivity index (χ0n) is 9.64. The average Bonchev–Trinajstić information content (AvgIpc) is 2.65. The molecule has 0 saturated carbocycles. The van der Waals surface area contributed by atoms with Gasteiger partial charge >= 0.3 is 0 Å². The molecule has 1 aliphatic heterocycles. The maximum atomic E-state index is 13.4. The molecule has 1 unspecified atom stereocenters. The summed E-state index contributed by atoms with van der Waals surface area (Å²) in [5.41, 5.74) is 0.000899. The summed E-state index contributed by atoms with van der Waals surface area (Å²) in [5.74, 6) is -1.71. The van der Waals surface area contributed by atoms with Gasteiger partial charge in [-0.1, -0.05) is 0 Å². The standard InChI is InChI=1S/C11H10ClF2NO3S/c12-19(17,18)9-4-11(16)15(6-9)5-7-3-8(13)1-2-10(7)14/h1-3,9H,4-6H2. The van der Waals surface area contributed by atoms with Crippen LogP contribution < -0.4 is 0 Å². The lowest BCUT2D eigenvalue weighted by Gasteiger charge is -2.16. The van der Waals surface area contributed by atoms with Crippen molar-refractivity contribution in [2.45, 2.75) is 18.2 Å². The first-order valence-electron chi connectivity index (χ1n) is 5.42. The third kappa shape index (κ3) is 3.22. The van der Waals surface area contributed by atoms with Crippen LogP contribution in [0.1, 0.15) is 12.0 Å². The van der Waals surface area contributed by atoms with Gasteiger partial charge in [0, 0.05) is 35.8 Å². The van der Waals surface area contributed by atoms with Crippen LogP contribution in [0.2, 0.25) is 0 Å². The maximum absolute atomic E-state index is 13.4. The van der Waals surface area contributed by atoms with Gasteiger partial charge in [0.25, 0.3) is 0 Å². The number of likely N-dealkylation sites (tertiary alicyclic amines) is 1. The second-order valence-electron chi connectivity index (χ2n) is 4.31. The number of hydrogen-bond donors (Lipinski definition) is 0. The van der Waals surface area contributed by atoms with Gasteiger partial charge in [0.1, 0.15) is 16.9 Å². The predicted molar refractivity (Wildman–Crippen MR) is 65.0 cm³/mol. The van der Waals surface area contributed by atoms with Crippen molar-refractivity contribution in [1.29, 1.82) is 0 Å². The summed E-state index contributed by atoms with van der Waals surface area (Å²) in [6.07, 6.45) is -0.233. The topological polar surface area (TPSA) is 54.5 Å². The monoisotopic (exact) mass is 309 g/mol. The molecular weight excluding hydrogens is 300 g/mol. The smallest absolute Gasteiger partial charge is 0.237 e. The molecule has 104 valence electrons. The SMILES string of the molecule is O=C1CC(S(=O)(=O)Cl)CN1Cc1cc(F)ccc1F. The molecule has 8 heteroatoms. The van der Waals surface area contributed by atoms with Crippen LogP contribution in [0.3, 0.4) is 0 Å². The van der Waals surface area contributed by atoms with Gasteiger partial charge in [0.2, 0.25) is 15.0 Å². The Morgan fingerprint density at radius 1 is 1.37 bits per heavy atom. The van der Waals surface area contributed by atoms with E-state index in [-0.39, 0.29) is 25.1 Å². The minimum atomic E-state index is -3.84. The molecule has 19 heavy (non-hydrogen) atoms. The fourth-order valence-electron chi connectivity index (χ4n) is 1.95. The lowest BCUT2D eigenvalue weighted by atomic mass is 10.2. The van der Waals surface area contributed by atoms with E-state index >= 15 is 0 Å². The molecule has 1 aromatic carbocycles. The lowest BCUT2D eigenvalue weighted by Crippen LogP contribution is -2.27. The van der Waals surface area contributed by atoms with E-state index in [4.69, 9.17) is 10.7 Å². The van der Waals surface area contributed by atoms with Crippen molar-refractivity contribution >= 4 is 25.6 Å². The van der Waals surface area contributed by atoms with Crippen LogP contribution in [-0.4, -0.2) is 31.0 Å². The summed E-state index contributed by atoms with van der Waals surface area (Å²) in [4.78, 5) is 12.8. The third-order valence-electron chi connectivity index (χ3n) is 2.95. The average molecular weight is 310 g/mol. The number of carbonyl (C=O) groups excluding carboxylic acids is 1. The van der Waals surface area contributed by atoms with Crippen LogP contribution in [0.4, 0.5) is 8.78 Å². The molecule has 0 spiro atoms. The van der Waals surface area contributed by atoms with E-state index in [0.717, 1.165) is 23.1 Å². The summed E-state index contributed by atoms with van der Waals surface area (Å²) < 4.78 is 48.7. The van der Waals surface area contributed by atoms with Crippen molar-refractivity contribution in [3.8, 4) is 0 Å². The fraction of sp³-hybridized carbons (Fsp3) is 0.364. The summed E-state index contributed by atoms with van der Waals surface area (Å²) in [5, 5.41) is -1.00. The van der Waals surface area contributed by atoms with Crippen LogP contribution in [0.25, 0.3) is 0 Å². The van der Waals surface area contributed by atoms with E-state index in [1.165, 1.54) is 0 Å². The van der Waals surface area contributed by atoms with Gasteiger partial charge in [-0.25, -0.2) is 17.2 Å². The van der Waals surface area contributed by atoms with Gasteiger partial charge in [0.15, 0.2) is 0 Å². The van der Waals surface area contributed by atoms with Crippen LogP contribution in [0.15, 0.2) is 18.2 Å². The predicted octanol–water partition coefficient (Wildman–Crippen LogP) is 1.63. The van der Waals surface area contributed by atoms with Gasteiger partial charge in [-0.3, -0.25) is 4.79 Å². The Labute approximate surface area is 113 Å². The number of rotatable bonds is 3. The Hall–Kier alpha value is -1.21. The summed E-state index contributed by atoms with van der Waals surface area (Å²) in [6, 6.07) is 2.91. The maximum Gasteiger partial charge on any atom is 0.237 e. The summed E-state index contributed by atoms with van der Waals surface area (Å²) >= 11 is 0. The largest absolute Gasteiger partial charge is 0.337 e. The molecule has 2 rings (SSSR count). The number of carbonyl (C=O) groups is 1. The van der Waals surface area contributed by atoms with Crippen molar-refractivity contribution in [2.75, 3.05) is 6.54 Å². The first-order valence-corrected chi connectivity index (χ1v) is 7.80. The molecule has 0 bridgehead atoms. The molecule has 1 heterocycles. The van der Waals surface area contributed by atoms with Crippen LogP contribution in [0, 0.1) is 11.6 Å². The van der Waals surface area contributed by atoms with Gasteiger partial charge in [-0.15, -0.1) is 0 Å². The molecule has 1 atom stereocenters. The molecule has 0 N–H and O–H groups in total. The van der Waals surface area contributed by atoms with Crippen molar-refractivity contribution in [2.24, 2.45) is 0 Å². The summed E-state index contributed by atoms with van der Waals surface area (Å²) in [7, 11) is 1.35. The van der Waals surface area contributed by atoms with Gasteiger partial charge < -0.3 is 4.90 Å². The quantitative estimate of drug-likeness (QED) is 0.798. The zero-order chi connectivity index (χ0) is 14.2. The van der Waals surface area contributed by atoms with Gasteiger partial charge in [-0.05, 0) is 18.2 Å². The number of hydrogen-bond acceptors (Lipinski definition) is 3. The Kier molecular flexibility index (Phi) is 3.78. The Balaban J connectivity index is 2.16. The van der Waals surface area contributed by atoms with E-state index in [1.807, 2.05) is 0 Å². The Morgan fingerprint density at radius 3 is 2.63 bits per heavy atom. The highest BCUT2D eigenvalue weighted by Crippen LogP contribution is 2.23. The molecule has 4 nitrogen and oxygen atoms in total. The van der Waals surface area contributed by atoms with E-state index in [2.05, 4.69) is 0 Å². The number of amides is 1. The molecule has 1 aliphatic rings. The van der Waals surface area contributed by atoms with Crippen molar-refractivity contribution in [1.82, 2.24) is 4.90 Å². The Morgan fingerprint density at radius 2 is 2.05 bits per heavy atom. The van der Waals surface area contributed by atoms with E-state index < -0.39 is 31.8 Å². The van der Waals surface area contributed by atoms with Gasteiger partial charge in [0.05, 0.1) is 0 Å². The van der Waals surface area contributed by atoms with Crippen LogP contribution in [-0.2, 0) is 20.4 Å². The molecule has 0 radical (unpaired) electrons. The van der Waals surface area contributed by atoms with E-state index in [0.29, 0.717) is 0 Å². The second kappa shape index (κ2) is 5.05. The normalized spacial score (nSPS) is 20.1.